The predicted molar refractivity (Wildman–Crippen MR) is 70.2 cm³/mol. The number of ether oxygens (including phenoxy) is 1. The number of halogens is 3. The molecular weight excluding hydrogens is 285 g/mol. The number of hydrogen-bond acceptors (Lipinski definition) is 4. The van der Waals surface area contributed by atoms with Crippen LogP contribution >= 0.6 is 0 Å². The zero-order valence-electron chi connectivity index (χ0n) is 11.4. The molecule has 0 fully saturated rings. The van der Waals surface area contributed by atoms with Crippen molar-refractivity contribution in [3.8, 4) is 11.4 Å². The Labute approximate surface area is 119 Å². The van der Waals surface area contributed by atoms with Crippen molar-refractivity contribution >= 4 is 0 Å². The molecule has 0 spiro atoms. The molecule has 1 aromatic heterocycles. The molecule has 0 bridgehead atoms. The Kier molecular flexibility index (Phi) is 4.59. The molecule has 8 heteroatoms. The molecule has 0 saturated carbocycles. The van der Waals surface area contributed by atoms with E-state index in [4.69, 9.17) is 10.5 Å². The zero-order valence-corrected chi connectivity index (χ0v) is 11.4. The third kappa shape index (κ3) is 3.22. The fourth-order valence-corrected chi connectivity index (χ4v) is 2.03. The minimum absolute atomic E-state index is 0.0201. The summed E-state index contributed by atoms with van der Waals surface area (Å²) in [5, 5.41) is 7.71. The zero-order chi connectivity index (χ0) is 15.5. The summed E-state index contributed by atoms with van der Waals surface area (Å²) in [5.74, 6) is 0.555. The molecule has 2 rings (SSSR count). The molecule has 0 radical (unpaired) electrons. The van der Waals surface area contributed by atoms with Gasteiger partial charge in [0.1, 0.15) is 5.82 Å². The number of hydrogen-bond donors (Lipinski definition) is 1. The highest BCUT2D eigenvalue weighted by molar-refractivity contribution is 5.61. The molecule has 0 aliphatic carbocycles. The summed E-state index contributed by atoms with van der Waals surface area (Å²) in [6.07, 6.45) is -4.46. The predicted octanol–water partition coefficient (Wildman–Crippen LogP) is 2.07. The van der Waals surface area contributed by atoms with Crippen molar-refractivity contribution in [3.63, 3.8) is 0 Å². The Bertz CT molecular complexity index is 610. The Hall–Kier alpha value is -1.93. The summed E-state index contributed by atoms with van der Waals surface area (Å²) >= 11 is 0. The number of rotatable bonds is 5. The molecule has 114 valence electrons. The molecule has 2 aromatic rings. The first-order valence-corrected chi connectivity index (χ1v) is 6.26. The molecule has 0 unspecified atom stereocenters. The van der Waals surface area contributed by atoms with Gasteiger partial charge < -0.3 is 15.0 Å². The highest BCUT2D eigenvalue weighted by Gasteiger charge is 2.34. The molecule has 2 N–H and O–H groups in total. The quantitative estimate of drug-likeness (QED) is 0.918. The van der Waals surface area contributed by atoms with Crippen molar-refractivity contribution in [2.45, 2.75) is 19.3 Å². The van der Waals surface area contributed by atoms with Crippen LogP contribution in [0.15, 0.2) is 24.3 Å². The Morgan fingerprint density at radius 3 is 2.57 bits per heavy atom. The van der Waals surface area contributed by atoms with Gasteiger partial charge in [-0.05, 0) is 6.07 Å². The number of alkyl halides is 3. The molecule has 0 saturated heterocycles. The maximum atomic E-state index is 13.1. The van der Waals surface area contributed by atoms with Crippen molar-refractivity contribution in [3.05, 3.63) is 35.7 Å². The smallest absolute Gasteiger partial charge is 0.383 e. The van der Waals surface area contributed by atoms with Gasteiger partial charge in [-0.25, -0.2) is 0 Å². The average Bonchev–Trinajstić information content (AvgIpc) is 2.86. The van der Waals surface area contributed by atoms with Gasteiger partial charge in [0.15, 0.2) is 5.82 Å². The van der Waals surface area contributed by atoms with Crippen molar-refractivity contribution in [2.24, 2.45) is 5.73 Å². The van der Waals surface area contributed by atoms with E-state index in [-0.39, 0.29) is 17.9 Å². The van der Waals surface area contributed by atoms with Gasteiger partial charge in [0.25, 0.3) is 0 Å². The first-order valence-electron chi connectivity index (χ1n) is 6.26. The van der Waals surface area contributed by atoms with Crippen LogP contribution in [0.5, 0.6) is 0 Å². The SMILES string of the molecule is COCCn1c(CN)nnc1-c1ccccc1C(F)(F)F. The second-order valence-corrected chi connectivity index (χ2v) is 4.33. The molecule has 1 heterocycles. The first-order chi connectivity index (χ1) is 9.99. The van der Waals surface area contributed by atoms with Gasteiger partial charge in [0, 0.05) is 19.2 Å². The Morgan fingerprint density at radius 1 is 1.24 bits per heavy atom. The fourth-order valence-electron chi connectivity index (χ4n) is 2.03. The Balaban J connectivity index is 2.54. The highest BCUT2D eigenvalue weighted by atomic mass is 19.4. The first kappa shape index (κ1) is 15.5. The maximum Gasteiger partial charge on any atom is 0.417 e. The van der Waals surface area contributed by atoms with Crippen LogP contribution < -0.4 is 5.73 Å². The van der Waals surface area contributed by atoms with Gasteiger partial charge in [0.05, 0.1) is 18.7 Å². The van der Waals surface area contributed by atoms with Gasteiger partial charge in [0.2, 0.25) is 0 Å². The summed E-state index contributed by atoms with van der Waals surface area (Å²) in [6, 6.07) is 5.26. The second kappa shape index (κ2) is 6.23. The van der Waals surface area contributed by atoms with Crippen LogP contribution in [0.1, 0.15) is 11.4 Å². The summed E-state index contributed by atoms with van der Waals surface area (Å²) in [7, 11) is 1.51. The lowest BCUT2D eigenvalue weighted by molar-refractivity contribution is -0.137. The van der Waals surface area contributed by atoms with Crippen molar-refractivity contribution in [1.82, 2.24) is 14.8 Å². The highest BCUT2D eigenvalue weighted by Crippen LogP contribution is 2.36. The van der Waals surface area contributed by atoms with Crippen LogP contribution in [0.4, 0.5) is 13.2 Å². The molecule has 0 aliphatic heterocycles. The van der Waals surface area contributed by atoms with Crippen molar-refractivity contribution < 1.29 is 17.9 Å². The molecule has 1 aromatic carbocycles. The monoisotopic (exact) mass is 300 g/mol. The largest absolute Gasteiger partial charge is 0.417 e. The summed E-state index contributed by atoms with van der Waals surface area (Å²) in [4.78, 5) is 0. The van der Waals surface area contributed by atoms with Crippen LogP contribution in [0.25, 0.3) is 11.4 Å². The standard InChI is InChI=1S/C13H15F3N4O/c1-21-7-6-20-11(8-17)18-19-12(20)9-4-2-3-5-10(9)13(14,15)16/h2-5H,6-8,17H2,1H3. The third-order valence-electron chi connectivity index (χ3n) is 3.00. The molecule has 5 nitrogen and oxygen atoms in total. The van der Waals surface area contributed by atoms with Gasteiger partial charge in [-0.15, -0.1) is 10.2 Å². The summed E-state index contributed by atoms with van der Waals surface area (Å²) in [5.41, 5.74) is 4.78. The van der Waals surface area contributed by atoms with E-state index in [0.717, 1.165) is 6.07 Å². The van der Waals surface area contributed by atoms with E-state index in [9.17, 15) is 13.2 Å². The minimum atomic E-state index is -4.46. The van der Waals surface area contributed by atoms with E-state index in [1.54, 1.807) is 4.57 Å². The van der Waals surface area contributed by atoms with E-state index in [0.29, 0.717) is 19.0 Å². The van der Waals surface area contributed by atoms with Crippen LogP contribution in [0.2, 0.25) is 0 Å². The van der Waals surface area contributed by atoms with E-state index < -0.39 is 11.7 Å². The molecule has 0 aliphatic rings. The molecule has 0 atom stereocenters. The summed E-state index contributed by atoms with van der Waals surface area (Å²) < 4.78 is 45.8. The number of methoxy groups -OCH3 is 1. The van der Waals surface area contributed by atoms with E-state index in [1.165, 1.54) is 25.3 Å². The van der Waals surface area contributed by atoms with Crippen LogP contribution in [0.3, 0.4) is 0 Å². The van der Waals surface area contributed by atoms with Crippen molar-refractivity contribution in [2.75, 3.05) is 13.7 Å². The minimum Gasteiger partial charge on any atom is -0.383 e. The van der Waals surface area contributed by atoms with Crippen LogP contribution in [0, 0.1) is 0 Å². The number of nitrogens with zero attached hydrogens (tertiary/aromatic N) is 3. The van der Waals surface area contributed by atoms with Gasteiger partial charge >= 0.3 is 6.18 Å². The van der Waals surface area contributed by atoms with Crippen LogP contribution in [-0.2, 0) is 24.0 Å². The topological polar surface area (TPSA) is 66.0 Å². The molecule has 21 heavy (non-hydrogen) atoms. The van der Waals surface area contributed by atoms with Gasteiger partial charge in [-0.3, -0.25) is 0 Å². The van der Waals surface area contributed by atoms with E-state index in [1.807, 2.05) is 0 Å². The number of nitrogens with two attached hydrogens (primary N) is 1. The molecular formula is C13H15F3N4O. The molecule has 0 amide bonds. The lowest BCUT2D eigenvalue weighted by Gasteiger charge is -2.14. The van der Waals surface area contributed by atoms with Gasteiger partial charge in [-0.1, -0.05) is 18.2 Å². The average molecular weight is 300 g/mol. The number of benzene rings is 1. The summed E-state index contributed by atoms with van der Waals surface area (Å²) in [6.45, 7) is 0.745. The normalized spacial score (nSPS) is 11.9. The van der Waals surface area contributed by atoms with E-state index >= 15 is 0 Å². The second-order valence-electron chi connectivity index (χ2n) is 4.33. The van der Waals surface area contributed by atoms with Gasteiger partial charge in [-0.2, -0.15) is 13.2 Å². The fraction of sp³-hybridized carbons (Fsp3) is 0.385. The van der Waals surface area contributed by atoms with Crippen LogP contribution in [-0.4, -0.2) is 28.5 Å². The number of aromatic nitrogens is 3. The third-order valence-corrected chi connectivity index (χ3v) is 3.00. The lowest BCUT2D eigenvalue weighted by Crippen LogP contribution is -2.14. The lowest BCUT2D eigenvalue weighted by atomic mass is 10.1. The van der Waals surface area contributed by atoms with E-state index in [2.05, 4.69) is 10.2 Å². The van der Waals surface area contributed by atoms with Crippen molar-refractivity contribution in [1.29, 1.82) is 0 Å². The maximum absolute atomic E-state index is 13.1. The Morgan fingerprint density at radius 2 is 1.95 bits per heavy atom.